The van der Waals surface area contributed by atoms with E-state index in [9.17, 15) is 9.59 Å². The van der Waals surface area contributed by atoms with E-state index in [-0.39, 0.29) is 19.6 Å². The monoisotopic (exact) mass is 245 g/mol. The lowest BCUT2D eigenvalue weighted by molar-refractivity contribution is -0.258. The third-order valence-electron chi connectivity index (χ3n) is 2.66. The van der Waals surface area contributed by atoms with E-state index in [1.807, 2.05) is 0 Å². The number of amides is 1. The first-order valence-corrected chi connectivity index (χ1v) is 5.33. The van der Waals surface area contributed by atoms with E-state index in [0.29, 0.717) is 0 Å². The van der Waals surface area contributed by atoms with Crippen LogP contribution >= 0.6 is 0 Å². The van der Waals surface area contributed by atoms with E-state index < -0.39 is 29.6 Å². The van der Waals surface area contributed by atoms with E-state index in [0.717, 1.165) is 0 Å². The molecule has 0 saturated carbocycles. The molecule has 2 rings (SSSR count). The molecule has 1 unspecified atom stereocenters. The maximum absolute atomic E-state index is 12.1. The molecular weight excluding hydrogens is 230 g/mol. The molecule has 7 heteroatoms. The minimum Gasteiger partial charge on any atom is -0.438 e. The van der Waals surface area contributed by atoms with Gasteiger partial charge in [-0.2, -0.15) is 0 Å². The van der Waals surface area contributed by atoms with Crippen molar-refractivity contribution in [3.8, 4) is 0 Å². The van der Waals surface area contributed by atoms with Gasteiger partial charge in [-0.05, 0) is 13.8 Å². The summed E-state index contributed by atoms with van der Waals surface area (Å²) in [5.74, 6) is -2.83. The first kappa shape index (κ1) is 12.3. The van der Waals surface area contributed by atoms with Gasteiger partial charge in [0.2, 0.25) is 5.78 Å². The van der Waals surface area contributed by atoms with Gasteiger partial charge in [0.05, 0.1) is 6.61 Å². The number of ether oxygens (including phenoxy) is 4. The maximum Gasteiger partial charge on any atom is 0.405 e. The van der Waals surface area contributed by atoms with Crippen LogP contribution in [0.2, 0.25) is 0 Å². The van der Waals surface area contributed by atoms with Crippen molar-refractivity contribution in [3.63, 3.8) is 0 Å². The molecule has 0 radical (unpaired) electrons. The smallest absolute Gasteiger partial charge is 0.405 e. The number of hydrogen-bond acceptors (Lipinski definition) is 6. The third kappa shape index (κ3) is 2.26. The summed E-state index contributed by atoms with van der Waals surface area (Å²) < 4.78 is 20.9. The van der Waals surface area contributed by atoms with Crippen LogP contribution in [0.4, 0.5) is 4.79 Å². The molecule has 1 amide bonds. The number of carbonyl (C=O) groups excluding carboxylic acids is 2. The number of primary amides is 1. The van der Waals surface area contributed by atoms with Gasteiger partial charge >= 0.3 is 6.09 Å². The van der Waals surface area contributed by atoms with E-state index >= 15 is 0 Å². The Morgan fingerprint density at radius 1 is 1.47 bits per heavy atom. The van der Waals surface area contributed by atoms with Crippen molar-refractivity contribution in [2.45, 2.75) is 37.9 Å². The summed E-state index contributed by atoms with van der Waals surface area (Å²) in [7, 11) is 0. The molecule has 17 heavy (non-hydrogen) atoms. The zero-order valence-corrected chi connectivity index (χ0v) is 9.73. The SMILES string of the molecule is CC1(C)OC[C@]2(OCCC(OC(N)=O)C2=O)O1. The molecule has 2 fully saturated rings. The Morgan fingerprint density at radius 3 is 2.71 bits per heavy atom. The molecule has 7 nitrogen and oxygen atoms in total. The Bertz CT molecular complexity index is 355. The van der Waals surface area contributed by atoms with E-state index in [4.69, 9.17) is 24.7 Å². The minimum absolute atomic E-state index is 0.0164. The van der Waals surface area contributed by atoms with Crippen LogP contribution in [0.25, 0.3) is 0 Å². The van der Waals surface area contributed by atoms with Gasteiger partial charge in [0.15, 0.2) is 11.9 Å². The van der Waals surface area contributed by atoms with Gasteiger partial charge in [-0.15, -0.1) is 0 Å². The molecule has 2 saturated heterocycles. The Balaban J connectivity index is 2.14. The number of rotatable bonds is 1. The summed E-state index contributed by atoms with van der Waals surface area (Å²) in [6, 6.07) is 0. The molecule has 0 aromatic heterocycles. The average molecular weight is 245 g/mol. The molecule has 1 spiro atoms. The van der Waals surface area contributed by atoms with Crippen LogP contribution in [0.3, 0.4) is 0 Å². The molecule has 0 aliphatic carbocycles. The fourth-order valence-corrected chi connectivity index (χ4v) is 1.95. The molecule has 0 bridgehead atoms. The second-order valence-corrected chi connectivity index (χ2v) is 4.47. The van der Waals surface area contributed by atoms with Crippen molar-refractivity contribution in [1.29, 1.82) is 0 Å². The molecular formula is C10H15NO6. The third-order valence-corrected chi connectivity index (χ3v) is 2.66. The van der Waals surface area contributed by atoms with Crippen LogP contribution in [0, 0.1) is 0 Å². The van der Waals surface area contributed by atoms with Crippen molar-refractivity contribution in [3.05, 3.63) is 0 Å². The van der Waals surface area contributed by atoms with Gasteiger partial charge < -0.3 is 24.7 Å². The summed E-state index contributed by atoms with van der Waals surface area (Å²) >= 11 is 0. The quantitative estimate of drug-likeness (QED) is 0.693. The van der Waals surface area contributed by atoms with Crippen molar-refractivity contribution >= 4 is 11.9 Å². The predicted octanol–water partition coefficient (Wildman–Crippen LogP) is -0.0811. The van der Waals surface area contributed by atoms with E-state index in [1.165, 1.54) is 0 Å². The first-order valence-electron chi connectivity index (χ1n) is 5.33. The van der Waals surface area contributed by atoms with Crippen LogP contribution in [0.5, 0.6) is 0 Å². The summed E-state index contributed by atoms with van der Waals surface area (Å²) in [5, 5.41) is 0. The highest BCUT2D eigenvalue weighted by Crippen LogP contribution is 2.36. The van der Waals surface area contributed by atoms with Crippen LogP contribution in [-0.2, 0) is 23.7 Å². The van der Waals surface area contributed by atoms with Crippen molar-refractivity contribution in [1.82, 2.24) is 0 Å². The standard InChI is InChI=1S/C10H15NO6/c1-9(2)15-5-10(17-9)7(12)6(3-4-14-10)16-8(11)13/h6H,3-5H2,1-2H3,(H2,11,13)/t6?,10-/m0/s1. The van der Waals surface area contributed by atoms with Gasteiger partial charge in [-0.1, -0.05) is 0 Å². The lowest BCUT2D eigenvalue weighted by atomic mass is 10.0. The number of nitrogens with two attached hydrogens (primary N) is 1. The lowest BCUT2D eigenvalue weighted by Crippen LogP contribution is -2.55. The first-order chi connectivity index (χ1) is 7.85. The zero-order chi connectivity index (χ0) is 12.7. The molecule has 2 atom stereocenters. The Morgan fingerprint density at radius 2 is 2.18 bits per heavy atom. The molecule has 0 aromatic rings. The highest BCUT2D eigenvalue weighted by Gasteiger charge is 2.57. The van der Waals surface area contributed by atoms with Crippen LogP contribution in [0.15, 0.2) is 0 Å². The minimum atomic E-state index is -1.47. The van der Waals surface area contributed by atoms with Crippen molar-refractivity contribution in [2.24, 2.45) is 5.73 Å². The summed E-state index contributed by atoms with van der Waals surface area (Å²) in [5.41, 5.74) is 4.90. The predicted molar refractivity (Wildman–Crippen MR) is 53.9 cm³/mol. The normalized spacial score (nSPS) is 36.1. The summed E-state index contributed by atoms with van der Waals surface area (Å²) in [4.78, 5) is 22.8. The number of hydrogen-bond donors (Lipinski definition) is 1. The summed E-state index contributed by atoms with van der Waals surface area (Å²) in [6.07, 6.45) is -1.65. The van der Waals surface area contributed by atoms with Crippen LogP contribution in [-0.4, -0.2) is 42.8 Å². The highest BCUT2D eigenvalue weighted by molar-refractivity contribution is 5.92. The maximum atomic E-state index is 12.1. The topological polar surface area (TPSA) is 97.1 Å². The van der Waals surface area contributed by atoms with Crippen molar-refractivity contribution in [2.75, 3.05) is 13.2 Å². The Kier molecular flexibility index (Phi) is 2.84. The van der Waals surface area contributed by atoms with Crippen molar-refractivity contribution < 1.29 is 28.5 Å². The second-order valence-electron chi connectivity index (χ2n) is 4.47. The molecule has 0 aromatic carbocycles. The number of carbonyl (C=O) groups is 2. The lowest BCUT2D eigenvalue weighted by Gasteiger charge is -2.34. The van der Waals surface area contributed by atoms with Gasteiger partial charge in [-0.3, -0.25) is 4.79 Å². The molecule has 96 valence electrons. The number of ketones is 1. The van der Waals surface area contributed by atoms with E-state index in [1.54, 1.807) is 13.8 Å². The van der Waals surface area contributed by atoms with Crippen LogP contribution in [0.1, 0.15) is 20.3 Å². The second kappa shape index (κ2) is 3.94. The van der Waals surface area contributed by atoms with Gasteiger partial charge in [0.1, 0.15) is 6.61 Å². The summed E-state index contributed by atoms with van der Waals surface area (Å²) in [6.45, 7) is 3.58. The highest BCUT2D eigenvalue weighted by atomic mass is 16.8. The van der Waals surface area contributed by atoms with E-state index in [2.05, 4.69) is 0 Å². The average Bonchev–Trinajstić information content (AvgIpc) is 2.51. The largest absolute Gasteiger partial charge is 0.438 e. The van der Waals surface area contributed by atoms with Gasteiger partial charge in [-0.25, -0.2) is 4.79 Å². The Labute approximate surface area is 98.1 Å². The van der Waals surface area contributed by atoms with Crippen LogP contribution < -0.4 is 5.73 Å². The zero-order valence-electron chi connectivity index (χ0n) is 9.73. The van der Waals surface area contributed by atoms with Gasteiger partial charge in [0.25, 0.3) is 5.79 Å². The number of Topliss-reactive ketones (excluding diaryl/α,β-unsaturated/α-hetero) is 1. The fraction of sp³-hybridized carbons (Fsp3) is 0.800. The molecule has 2 aliphatic rings. The Hall–Kier alpha value is -1.18. The molecule has 2 aliphatic heterocycles. The molecule has 2 N–H and O–H groups in total. The molecule has 2 heterocycles. The fourth-order valence-electron chi connectivity index (χ4n) is 1.95. The van der Waals surface area contributed by atoms with Gasteiger partial charge in [0, 0.05) is 6.42 Å².